The predicted octanol–water partition coefficient (Wildman–Crippen LogP) is 4.89. The van der Waals surface area contributed by atoms with Crippen LogP contribution < -0.4 is 10.6 Å². The van der Waals surface area contributed by atoms with Crippen LogP contribution in [0.4, 0.5) is 16.2 Å². The Balaban J connectivity index is 2.13. The number of carbonyl (C=O) groups is 1. The molecule has 4 nitrogen and oxygen atoms in total. The lowest BCUT2D eigenvalue weighted by Gasteiger charge is -2.12. The molecule has 2 aromatic carbocycles. The van der Waals surface area contributed by atoms with Crippen LogP contribution in [0.3, 0.4) is 0 Å². The fourth-order valence-corrected chi connectivity index (χ4v) is 2.84. The van der Waals surface area contributed by atoms with Gasteiger partial charge in [0, 0.05) is 31.5 Å². The van der Waals surface area contributed by atoms with Crippen molar-refractivity contribution in [1.82, 2.24) is 0 Å². The third kappa shape index (κ3) is 4.35. The maximum Gasteiger partial charge on any atom is 0.323 e. The van der Waals surface area contributed by atoms with E-state index in [9.17, 15) is 9.90 Å². The molecule has 0 spiro atoms. The van der Waals surface area contributed by atoms with Crippen molar-refractivity contribution in [1.29, 1.82) is 0 Å². The van der Waals surface area contributed by atoms with Gasteiger partial charge in [0.1, 0.15) is 0 Å². The van der Waals surface area contributed by atoms with E-state index < -0.39 is 6.03 Å². The van der Waals surface area contributed by atoms with E-state index >= 15 is 0 Å². The summed E-state index contributed by atoms with van der Waals surface area (Å²) in [6.45, 7) is -0.266. The van der Waals surface area contributed by atoms with Crippen LogP contribution >= 0.6 is 39.1 Å². The molecule has 21 heavy (non-hydrogen) atoms. The first-order valence-electron chi connectivity index (χ1n) is 5.92. The van der Waals surface area contributed by atoms with Gasteiger partial charge in [0.2, 0.25) is 0 Å². The average molecular weight is 390 g/mol. The molecule has 3 N–H and O–H groups in total. The highest BCUT2D eigenvalue weighted by Gasteiger charge is 2.10. The largest absolute Gasteiger partial charge is 0.392 e. The Morgan fingerprint density at radius 3 is 2.62 bits per heavy atom. The minimum absolute atomic E-state index is 0.266. The molecule has 0 radical (unpaired) electrons. The van der Waals surface area contributed by atoms with Gasteiger partial charge in [-0.1, -0.05) is 45.2 Å². The lowest BCUT2D eigenvalue weighted by atomic mass is 10.2. The van der Waals surface area contributed by atoms with Gasteiger partial charge in [-0.3, -0.25) is 0 Å². The van der Waals surface area contributed by atoms with Gasteiger partial charge < -0.3 is 15.7 Å². The number of nitrogens with one attached hydrogen (secondary N) is 2. The summed E-state index contributed by atoms with van der Waals surface area (Å²) in [6, 6.07) is 9.59. The summed E-state index contributed by atoms with van der Waals surface area (Å²) in [5.74, 6) is 0. The number of carbonyl (C=O) groups excluding carboxylic acids is 1. The molecule has 0 bridgehead atoms. The standard InChI is InChI=1S/C14H11BrCl2N2O2/c15-8-4-9(16)6-10(5-8)18-14(21)19-13-3-1-2-12(17)11(13)7-20/h1-6,20H,7H2,(H2,18,19,21). The molecule has 0 aliphatic carbocycles. The second-order valence-corrected chi connectivity index (χ2v) is 5.92. The number of aliphatic hydroxyl groups excluding tert-OH is 1. The molecule has 0 aliphatic heterocycles. The molecule has 0 aliphatic rings. The number of amides is 2. The number of rotatable bonds is 3. The zero-order chi connectivity index (χ0) is 15.4. The van der Waals surface area contributed by atoms with Crippen molar-refractivity contribution in [2.45, 2.75) is 6.61 Å². The van der Waals surface area contributed by atoms with Gasteiger partial charge in [0.25, 0.3) is 0 Å². The fraction of sp³-hybridized carbons (Fsp3) is 0.0714. The molecular formula is C14H11BrCl2N2O2. The van der Waals surface area contributed by atoms with E-state index in [1.807, 2.05) is 0 Å². The van der Waals surface area contributed by atoms with Gasteiger partial charge in [-0.05, 0) is 30.3 Å². The third-order valence-corrected chi connectivity index (χ3v) is 3.68. The number of hydrogen-bond acceptors (Lipinski definition) is 2. The van der Waals surface area contributed by atoms with Crippen molar-refractivity contribution < 1.29 is 9.90 Å². The Kier molecular flexibility index (Phi) is 5.47. The van der Waals surface area contributed by atoms with Gasteiger partial charge in [0.05, 0.1) is 6.61 Å². The lowest BCUT2D eigenvalue weighted by Crippen LogP contribution is -2.20. The van der Waals surface area contributed by atoms with Crippen LogP contribution in [-0.4, -0.2) is 11.1 Å². The maximum absolute atomic E-state index is 12.0. The molecule has 0 atom stereocenters. The average Bonchev–Trinajstić information content (AvgIpc) is 2.37. The molecule has 110 valence electrons. The summed E-state index contributed by atoms with van der Waals surface area (Å²) in [4.78, 5) is 12.0. The fourth-order valence-electron chi connectivity index (χ4n) is 1.75. The van der Waals surface area contributed by atoms with E-state index in [1.165, 1.54) is 0 Å². The molecule has 2 rings (SSSR count). The van der Waals surface area contributed by atoms with Crippen molar-refractivity contribution in [2.24, 2.45) is 0 Å². The monoisotopic (exact) mass is 388 g/mol. The molecule has 2 amide bonds. The van der Waals surface area contributed by atoms with Crippen molar-refractivity contribution in [3.8, 4) is 0 Å². The van der Waals surface area contributed by atoms with Crippen molar-refractivity contribution in [3.63, 3.8) is 0 Å². The second-order valence-electron chi connectivity index (χ2n) is 4.16. The second kappa shape index (κ2) is 7.13. The topological polar surface area (TPSA) is 61.4 Å². The van der Waals surface area contributed by atoms with E-state index in [0.29, 0.717) is 27.0 Å². The van der Waals surface area contributed by atoms with Crippen molar-refractivity contribution in [3.05, 3.63) is 56.5 Å². The zero-order valence-electron chi connectivity index (χ0n) is 10.7. The number of urea groups is 1. The SMILES string of the molecule is O=C(Nc1cc(Cl)cc(Br)c1)Nc1cccc(Cl)c1CO. The van der Waals surface area contributed by atoms with Crippen LogP contribution in [0.25, 0.3) is 0 Å². The third-order valence-electron chi connectivity index (χ3n) is 2.65. The number of benzene rings is 2. The minimum Gasteiger partial charge on any atom is -0.392 e. The van der Waals surface area contributed by atoms with Gasteiger partial charge in [-0.25, -0.2) is 4.79 Å². The first kappa shape index (κ1) is 16.1. The first-order valence-corrected chi connectivity index (χ1v) is 7.47. The molecule has 7 heteroatoms. The summed E-state index contributed by atoms with van der Waals surface area (Å²) >= 11 is 15.2. The predicted molar refractivity (Wildman–Crippen MR) is 89.2 cm³/mol. The van der Waals surface area contributed by atoms with Crippen LogP contribution in [0.1, 0.15) is 5.56 Å². The Bertz CT molecular complexity index is 660. The van der Waals surface area contributed by atoms with E-state index in [2.05, 4.69) is 26.6 Å². The van der Waals surface area contributed by atoms with Gasteiger partial charge in [-0.15, -0.1) is 0 Å². The van der Waals surface area contributed by atoms with E-state index in [4.69, 9.17) is 23.2 Å². The number of hydrogen-bond donors (Lipinski definition) is 3. The summed E-state index contributed by atoms with van der Waals surface area (Å²) in [5.41, 5.74) is 1.45. The molecule has 2 aromatic rings. The summed E-state index contributed by atoms with van der Waals surface area (Å²) in [5, 5.41) is 15.5. The molecule has 0 aromatic heterocycles. The van der Waals surface area contributed by atoms with Gasteiger partial charge in [-0.2, -0.15) is 0 Å². The van der Waals surface area contributed by atoms with Gasteiger partial charge in [0.15, 0.2) is 0 Å². The maximum atomic E-state index is 12.0. The number of aliphatic hydroxyl groups is 1. The molecule has 0 saturated heterocycles. The van der Waals surface area contributed by atoms with Crippen LogP contribution in [0.2, 0.25) is 10.0 Å². The molecule has 0 heterocycles. The molecule has 0 fully saturated rings. The quantitative estimate of drug-likeness (QED) is 0.699. The highest BCUT2D eigenvalue weighted by molar-refractivity contribution is 9.10. The molecular weight excluding hydrogens is 379 g/mol. The van der Waals surface area contributed by atoms with E-state index in [1.54, 1.807) is 36.4 Å². The summed E-state index contributed by atoms with van der Waals surface area (Å²) in [7, 11) is 0. The molecule has 0 unspecified atom stereocenters. The van der Waals surface area contributed by atoms with Crippen LogP contribution in [-0.2, 0) is 6.61 Å². The van der Waals surface area contributed by atoms with E-state index in [0.717, 1.165) is 4.47 Å². The van der Waals surface area contributed by atoms with Crippen molar-refractivity contribution in [2.75, 3.05) is 10.6 Å². The Labute approximate surface area is 140 Å². The highest BCUT2D eigenvalue weighted by atomic mass is 79.9. The summed E-state index contributed by atoms with van der Waals surface area (Å²) in [6.07, 6.45) is 0. The Morgan fingerprint density at radius 2 is 1.95 bits per heavy atom. The Morgan fingerprint density at radius 1 is 1.19 bits per heavy atom. The Hall–Kier alpha value is -1.27. The summed E-state index contributed by atoms with van der Waals surface area (Å²) < 4.78 is 0.754. The van der Waals surface area contributed by atoms with Crippen molar-refractivity contribution >= 4 is 56.5 Å². The normalized spacial score (nSPS) is 10.3. The zero-order valence-corrected chi connectivity index (χ0v) is 13.8. The first-order chi connectivity index (χ1) is 9.99. The van der Waals surface area contributed by atoms with Gasteiger partial charge >= 0.3 is 6.03 Å². The van der Waals surface area contributed by atoms with Crippen LogP contribution in [0.5, 0.6) is 0 Å². The smallest absolute Gasteiger partial charge is 0.323 e. The van der Waals surface area contributed by atoms with E-state index in [-0.39, 0.29) is 6.61 Å². The highest BCUT2D eigenvalue weighted by Crippen LogP contribution is 2.25. The van der Waals surface area contributed by atoms with Crippen LogP contribution in [0.15, 0.2) is 40.9 Å². The lowest BCUT2D eigenvalue weighted by molar-refractivity contribution is 0.262. The molecule has 0 saturated carbocycles. The van der Waals surface area contributed by atoms with Crippen LogP contribution in [0, 0.1) is 0 Å². The number of halogens is 3. The minimum atomic E-state index is -0.457. The number of anilines is 2.